The van der Waals surface area contributed by atoms with E-state index in [1.54, 1.807) is 6.07 Å². The Hall–Kier alpha value is -2.25. The van der Waals surface area contributed by atoms with Crippen LogP contribution in [0.2, 0.25) is 5.15 Å². The number of benzene rings is 1. The number of carbonyl (C=O) groups is 1. The van der Waals surface area contributed by atoms with Gasteiger partial charge in [-0.1, -0.05) is 11.6 Å². The number of halogens is 1. The predicted octanol–water partition coefficient (Wildman–Crippen LogP) is 3.22. The van der Waals surface area contributed by atoms with Crippen LogP contribution >= 0.6 is 22.9 Å². The lowest BCUT2D eigenvalue weighted by molar-refractivity contribution is -0.135. The summed E-state index contributed by atoms with van der Waals surface area (Å²) in [7, 11) is 0. The normalized spacial score (nSPS) is 19.0. The molecule has 0 saturated carbocycles. The summed E-state index contributed by atoms with van der Waals surface area (Å²) in [5.74, 6) is 1.17. The Morgan fingerprint density at radius 1 is 1.26 bits per heavy atom. The number of esters is 1. The van der Waals surface area contributed by atoms with E-state index in [4.69, 9.17) is 25.8 Å². The van der Waals surface area contributed by atoms with E-state index in [2.05, 4.69) is 4.98 Å². The van der Waals surface area contributed by atoms with Crippen molar-refractivity contribution in [1.29, 1.82) is 0 Å². The van der Waals surface area contributed by atoms with Crippen molar-refractivity contribution in [2.45, 2.75) is 12.3 Å². The average molecular weight is 349 g/mol. The highest BCUT2D eigenvalue weighted by molar-refractivity contribution is 7.15. The smallest absolute Gasteiger partial charge is 0.312 e. The fourth-order valence-corrected chi connectivity index (χ4v) is 4.15. The van der Waals surface area contributed by atoms with Crippen LogP contribution in [0.1, 0.15) is 23.6 Å². The zero-order chi connectivity index (χ0) is 15.6. The fourth-order valence-electron chi connectivity index (χ4n) is 3.07. The summed E-state index contributed by atoms with van der Waals surface area (Å²) >= 11 is 7.84. The predicted molar refractivity (Wildman–Crippen MR) is 82.7 cm³/mol. The Balaban J connectivity index is 1.74. The van der Waals surface area contributed by atoms with Gasteiger partial charge in [0.15, 0.2) is 21.6 Å². The number of carbonyl (C=O) groups excluding carboxylic acids is 1. The summed E-state index contributed by atoms with van der Waals surface area (Å²) in [5, 5.41) is 2.34. The number of imidazole rings is 1. The molecule has 0 spiro atoms. The number of thiazole rings is 1. The van der Waals surface area contributed by atoms with Gasteiger partial charge < -0.3 is 14.2 Å². The van der Waals surface area contributed by atoms with E-state index >= 15 is 0 Å². The molecule has 1 unspecified atom stereocenters. The summed E-state index contributed by atoms with van der Waals surface area (Å²) in [6, 6.07) is 3.55. The SMILES string of the molecule is O=C1CC(c2c(Cl)nc3sccn23)c2cc3c(cc2O1)OCO3. The molecule has 1 atom stereocenters. The van der Waals surface area contributed by atoms with Crippen LogP contribution in [0.4, 0.5) is 0 Å². The second-order valence-corrected chi connectivity index (χ2v) is 6.55. The molecule has 2 aliphatic rings. The number of rotatable bonds is 1. The first-order valence-corrected chi connectivity index (χ1v) is 8.21. The van der Waals surface area contributed by atoms with Crippen molar-refractivity contribution in [3.05, 3.63) is 40.1 Å². The minimum atomic E-state index is -0.303. The van der Waals surface area contributed by atoms with Gasteiger partial charge in [0, 0.05) is 29.1 Å². The molecule has 23 heavy (non-hydrogen) atoms. The molecule has 0 saturated heterocycles. The van der Waals surface area contributed by atoms with Gasteiger partial charge in [0.05, 0.1) is 12.1 Å². The molecule has 0 aliphatic carbocycles. The summed E-state index contributed by atoms with van der Waals surface area (Å²) in [4.78, 5) is 17.2. The zero-order valence-corrected chi connectivity index (χ0v) is 13.2. The maximum absolute atomic E-state index is 12.1. The maximum atomic E-state index is 12.1. The Morgan fingerprint density at radius 2 is 2.09 bits per heavy atom. The van der Waals surface area contributed by atoms with Crippen molar-refractivity contribution in [2.75, 3.05) is 6.79 Å². The van der Waals surface area contributed by atoms with Crippen molar-refractivity contribution in [3.8, 4) is 17.2 Å². The number of ether oxygens (including phenoxy) is 3. The van der Waals surface area contributed by atoms with E-state index in [0.717, 1.165) is 16.2 Å². The summed E-state index contributed by atoms with van der Waals surface area (Å²) in [6.07, 6.45) is 2.11. The van der Waals surface area contributed by atoms with Gasteiger partial charge in [0.1, 0.15) is 5.75 Å². The summed E-state index contributed by atoms with van der Waals surface area (Å²) in [6.45, 7) is 0.166. The second-order valence-electron chi connectivity index (χ2n) is 5.32. The van der Waals surface area contributed by atoms with Gasteiger partial charge in [0.25, 0.3) is 0 Å². The average Bonchev–Trinajstić information content (AvgIpc) is 3.19. The Kier molecular flexibility index (Phi) is 2.66. The van der Waals surface area contributed by atoms with Crippen molar-refractivity contribution in [2.24, 2.45) is 0 Å². The highest BCUT2D eigenvalue weighted by Crippen LogP contribution is 2.47. The molecule has 0 fully saturated rings. The molecule has 6 nitrogen and oxygen atoms in total. The van der Waals surface area contributed by atoms with Gasteiger partial charge in [-0.05, 0) is 6.07 Å². The third-order valence-corrected chi connectivity index (χ3v) is 5.09. The number of hydrogen-bond acceptors (Lipinski definition) is 6. The van der Waals surface area contributed by atoms with Crippen LogP contribution < -0.4 is 14.2 Å². The van der Waals surface area contributed by atoms with Crippen LogP contribution in [-0.4, -0.2) is 22.1 Å². The molecule has 3 aromatic rings. The van der Waals surface area contributed by atoms with Crippen LogP contribution in [0, 0.1) is 0 Å². The van der Waals surface area contributed by atoms with Crippen LogP contribution in [-0.2, 0) is 4.79 Å². The monoisotopic (exact) mass is 348 g/mol. The summed E-state index contributed by atoms with van der Waals surface area (Å²) in [5.41, 5.74) is 1.64. The lowest BCUT2D eigenvalue weighted by Gasteiger charge is -2.24. The molecule has 116 valence electrons. The van der Waals surface area contributed by atoms with Crippen molar-refractivity contribution in [3.63, 3.8) is 0 Å². The van der Waals surface area contributed by atoms with Crippen LogP contribution in [0.25, 0.3) is 4.96 Å². The van der Waals surface area contributed by atoms with Gasteiger partial charge in [-0.2, -0.15) is 0 Å². The first kappa shape index (κ1) is 13.2. The molecular formula is C15H9ClN2O4S. The highest BCUT2D eigenvalue weighted by Gasteiger charge is 2.34. The van der Waals surface area contributed by atoms with Gasteiger partial charge in [-0.15, -0.1) is 11.3 Å². The number of fused-ring (bicyclic) bond motifs is 3. The summed E-state index contributed by atoms with van der Waals surface area (Å²) < 4.78 is 18.1. The molecule has 0 radical (unpaired) electrons. The number of hydrogen-bond donors (Lipinski definition) is 0. The van der Waals surface area contributed by atoms with Gasteiger partial charge in [-0.3, -0.25) is 9.20 Å². The van der Waals surface area contributed by atoms with Gasteiger partial charge in [0.2, 0.25) is 6.79 Å². The van der Waals surface area contributed by atoms with E-state index < -0.39 is 0 Å². The molecule has 4 heterocycles. The highest BCUT2D eigenvalue weighted by atomic mass is 35.5. The van der Waals surface area contributed by atoms with Gasteiger partial charge >= 0.3 is 5.97 Å². The van der Waals surface area contributed by atoms with Crippen molar-refractivity contribution in [1.82, 2.24) is 9.38 Å². The Morgan fingerprint density at radius 3 is 2.96 bits per heavy atom. The quantitative estimate of drug-likeness (QED) is 0.499. The lowest BCUT2D eigenvalue weighted by Crippen LogP contribution is -2.22. The molecule has 1 aromatic carbocycles. The minimum Gasteiger partial charge on any atom is -0.454 e. The third-order valence-electron chi connectivity index (χ3n) is 4.06. The standard InChI is InChI=1S/C15H9ClN2O4S/c16-14-13(18-1-2-23-15(18)17-14)8-4-12(19)22-9-5-11-10(3-7(8)9)20-6-21-11/h1-3,5,8H,4,6H2. The lowest BCUT2D eigenvalue weighted by atomic mass is 9.89. The molecular weight excluding hydrogens is 340 g/mol. The fraction of sp³-hybridized carbons (Fsp3) is 0.200. The largest absolute Gasteiger partial charge is 0.454 e. The molecule has 0 bridgehead atoms. The van der Waals surface area contributed by atoms with E-state index in [9.17, 15) is 4.79 Å². The van der Waals surface area contributed by atoms with E-state index in [1.165, 1.54) is 11.3 Å². The molecule has 0 N–H and O–H groups in total. The third kappa shape index (κ3) is 1.87. The van der Waals surface area contributed by atoms with Crippen molar-refractivity contribution < 1.29 is 19.0 Å². The first-order chi connectivity index (χ1) is 11.2. The Bertz CT molecular complexity index is 964. The molecule has 0 amide bonds. The Labute approximate surface area is 139 Å². The molecule has 5 rings (SSSR count). The number of aromatic nitrogens is 2. The molecule has 2 aliphatic heterocycles. The van der Waals surface area contributed by atoms with E-state index in [0.29, 0.717) is 22.4 Å². The second kappa shape index (κ2) is 4.62. The maximum Gasteiger partial charge on any atom is 0.312 e. The zero-order valence-electron chi connectivity index (χ0n) is 11.6. The van der Waals surface area contributed by atoms with Crippen LogP contribution in [0.15, 0.2) is 23.7 Å². The topological polar surface area (TPSA) is 62.1 Å². The molecule has 2 aromatic heterocycles. The minimum absolute atomic E-state index is 0.166. The van der Waals surface area contributed by atoms with E-state index in [1.807, 2.05) is 22.0 Å². The van der Waals surface area contributed by atoms with Crippen molar-refractivity contribution >= 4 is 33.9 Å². The van der Waals surface area contributed by atoms with Crippen LogP contribution in [0.5, 0.6) is 17.2 Å². The van der Waals surface area contributed by atoms with Crippen LogP contribution in [0.3, 0.4) is 0 Å². The van der Waals surface area contributed by atoms with E-state index in [-0.39, 0.29) is 25.1 Å². The van der Waals surface area contributed by atoms with Gasteiger partial charge in [-0.25, -0.2) is 4.98 Å². The molecule has 8 heteroatoms. The number of nitrogens with zero attached hydrogens (tertiary/aromatic N) is 2. The first-order valence-electron chi connectivity index (χ1n) is 6.96.